The summed E-state index contributed by atoms with van der Waals surface area (Å²) < 4.78 is 4.87. The van der Waals surface area contributed by atoms with E-state index < -0.39 is 11.9 Å². The minimum Gasteiger partial charge on any atom is -0.395 e. The molecule has 1 atom stereocenters. The summed E-state index contributed by atoms with van der Waals surface area (Å²) in [5.74, 6) is -0.265. The predicted molar refractivity (Wildman–Crippen MR) is 67.3 cm³/mol. The number of anilines is 1. The van der Waals surface area contributed by atoms with Crippen LogP contribution >= 0.6 is 0 Å². The quantitative estimate of drug-likeness (QED) is 0.565. The van der Waals surface area contributed by atoms with E-state index in [9.17, 15) is 4.79 Å². The largest absolute Gasteiger partial charge is 0.395 e. The fraction of sp³-hybridized carbons (Fsp3) is 0.636. The van der Waals surface area contributed by atoms with Gasteiger partial charge in [-0.2, -0.15) is 5.10 Å². The van der Waals surface area contributed by atoms with Crippen molar-refractivity contribution in [1.29, 1.82) is 0 Å². The smallest absolute Gasteiger partial charge is 0.274 e. The van der Waals surface area contributed by atoms with E-state index in [1.165, 1.54) is 7.11 Å². The Morgan fingerprint density at radius 2 is 2.28 bits per heavy atom. The van der Waals surface area contributed by atoms with Gasteiger partial charge >= 0.3 is 0 Å². The number of carbonyl (C=O) groups is 1. The predicted octanol–water partition coefficient (Wildman–Crippen LogP) is -0.148. The van der Waals surface area contributed by atoms with Crippen LogP contribution in [0.5, 0.6) is 0 Å². The van der Waals surface area contributed by atoms with Crippen molar-refractivity contribution in [3.8, 4) is 0 Å². The Balaban J connectivity index is 2.78. The zero-order valence-electron chi connectivity index (χ0n) is 10.9. The van der Waals surface area contributed by atoms with E-state index in [-0.39, 0.29) is 24.8 Å². The van der Waals surface area contributed by atoms with E-state index in [1.54, 1.807) is 0 Å². The van der Waals surface area contributed by atoms with Gasteiger partial charge in [0.25, 0.3) is 5.91 Å². The molecule has 1 aromatic heterocycles. The van der Waals surface area contributed by atoms with Gasteiger partial charge in [-0.25, -0.2) is 0 Å². The van der Waals surface area contributed by atoms with Crippen molar-refractivity contribution in [2.24, 2.45) is 0 Å². The van der Waals surface area contributed by atoms with Gasteiger partial charge in [-0.1, -0.05) is 13.8 Å². The van der Waals surface area contributed by atoms with Crippen LogP contribution in [0.1, 0.15) is 35.9 Å². The van der Waals surface area contributed by atoms with Crippen LogP contribution in [0.15, 0.2) is 0 Å². The van der Waals surface area contributed by atoms with Crippen molar-refractivity contribution < 1.29 is 14.6 Å². The van der Waals surface area contributed by atoms with Crippen LogP contribution in [0.3, 0.4) is 0 Å². The fourth-order valence-corrected chi connectivity index (χ4v) is 1.57. The molecule has 1 rings (SSSR count). The maximum atomic E-state index is 11.9. The molecule has 7 nitrogen and oxygen atoms in total. The fourth-order valence-electron chi connectivity index (χ4n) is 1.57. The summed E-state index contributed by atoms with van der Waals surface area (Å²) in [5, 5.41) is 18.3. The second-order valence-corrected chi connectivity index (χ2v) is 4.36. The lowest BCUT2D eigenvalue weighted by Crippen LogP contribution is -2.41. The number of carbonyl (C=O) groups excluding carboxylic acids is 1. The molecule has 0 aliphatic carbocycles. The highest BCUT2D eigenvalue weighted by atomic mass is 16.5. The normalized spacial score (nSPS) is 12.7. The molecule has 7 heteroatoms. The molecule has 0 saturated heterocycles. The first-order chi connectivity index (χ1) is 8.51. The Morgan fingerprint density at radius 3 is 2.72 bits per heavy atom. The molecule has 0 spiro atoms. The van der Waals surface area contributed by atoms with Gasteiger partial charge in [-0.05, 0) is 5.92 Å². The zero-order chi connectivity index (χ0) is 13.7. The molecule has 0 aromatic carbocycles. The summed E-state index contributed by atoms with van der Waals surface area (Å²) in [6, 6.07) is -0.471. The minimum atomic E-state index is -0.471. The molecule has 0 bridgehead atoms. The summed E-state index contributed by atoms with van der Waals surface area (Å²) in [6.45, 7) is 3.92. The zero-order valence-corrected chi connectivity index (χ0v) is 10.9. The van der Waals surface area contributed by atoms with Gasteiger partial charge in [0.2, 0.25) is 0 Å². The topological polar surface area (TPSA) is 113 Å². The summed E-state index contributed by atoms with van der Waals surface area (Å²) in [4.78, 5) is 11.9. The summed E-state index contributed by atoms with van der Waals surface area (Å²) >= 11 is 0. The van der Waals surface area contributed by atoms with Gasteiger partial charge in [-0.3, -0.25) is 9.89 Å². The van der Waals surface area contributed by atoms with Gasteiger partial charge in [-0.15, -0.1) is 0 Å². The van der Waals surface area contributed by atoms with Crippen molar-refractivity contribution in [3.05, 3.63) is 11.4 Å². The lowest BCUT2D eigenvalue weighted by molar-refractivity contribution is 0.0836. The van der Waals surface area contributed by atoms with Crippen LogP contribution in [-0.2, 0) is 4.74 Å². The maximum Gasteiger partial charge on any atom is 0.274 e. The number of hydrogen-bond donors (Lipinski definition) is 4. The number of ether oxygens (including phenoxy) is 1. The summed E-state index contributed by atoms with van der Waals surface area (Å²) in [6.07, 6.45) is 0. The van der Waals surface area contributed by atoms with Crippen LogP contribution in [0.4, 0.5) is 5.69 Å². The SMILES string of the molecule is COCC(CO)NC(=O)c1n[nH]c(C(C)C)c1N. The van der Waals surface area contributed by atoms with Crippen molar-refractivity contribution in [2.75, 3.05) is 26.1 Å². The van der Waals surface area contributed by atoms with Crippen LogP contribution in [0, 0.1) is 0 Å². The Kier molecular flexibility index (Phi) is 5.11. The molecule has 1 aromatic rings. The highest BCUT2D eigenvalue weighted by molar-refractivity contribution is 5.97. The third-order valence-electron chi connectivity index (χ3n) is 2.55. The highest BCUT2D eigenvalue weighted by Crippen LogP contribution is 2.21. The number of rotatable bonds is 6. The van der Waals surface area contributed by atoms with E-state index in [1.807, 2.05) is 13.8 Å². The van der Waals surface area contributed by atoms with Gasteiger partial charge < -0.3 is 20.9 Å². The highest BCUT2D eigenvalue weighted by Gasteiger charge is 2.21. The Labute approximate surface area is 106 Å². The number of aliphatic hydroxyl groups excluding tert-OH is 1. The maximum absolute atomic E-state index is 11.9. The molecule has 1 unspecified atom stereocenters. The molecule has 0 fully saturated rings. The lowest BCUT2D eigenvalue weighted by Gasteiger charge is -2.14. The summed E-state index contributed by atoms with van der Waals surface area (Å²) in [7, 11) is 1.49. The number of methoxy groups -OCH3 is 1. The Morgan fingerprint density at radius 1 is 1.61 bits per heavy atom. The number of nitrogens with two attached hydrogens (primary N) is 1. The molecular weight excluding hydrogens is 236 g/mol. The lowest BCUT2D eigenvalue weighted by atomic mass is 10.1. The van der Waals surface area contributed by atoms with E-state index >= 15 is 0 Å². The van der Waals surface area contributed by atoms with Gasteiger partial charge in [0.15, 0.2) is 5.69 Å². The second-order valence-electron chi connectivity index (χ2n) is 4.36. The number of amides is 1. The Bertz CT molecular complexity index is 403. The standard InChI is InChI=1S/C11H20N4O3/c1-6(2)9-8(12)10(15-14-9)11(17)13-7(4-16)5-18-3/h6-7,16H,4-5,12H2,1-3H3,(H,13,17)(H,14,15). The van der Waals surface area contributed by atoms with Crippen LogP contribution in [0.25, 0.3) is 0 Å². The number of hydrogen-bond acceptors (Lipinski definition) is 5. The Hall–Kier alpha value is -1.60. The average Bonchev–Trinajstić information content (AvgIpc) is 2.70. The first-order valence-electron chi connectivity index (χ1n) is 5.75. The van der Waals surface area contributed by atoms with Crippen molar-refractivity contribution >= 4 is 11.6 Å². The minimum absolute atomic E-state index is 0.147. The number of aliphatic hydroxyl groups is 1. The number of aromatic amines is 1. The molecule has 18 heavy (non-hydrogen) atoms. The number of nitrogens with zero attached hydrogens (tertiary/aromatic N) is 1. The number of nitrogen functional groups attached to an aromatic ring is 1. The van der Waals surface area contributed by atoms with E-state index in [0.29, 0.717) is 5.69 Å². The third kappa shape index (κ3) is 3.21. The van der Waals surface area contributed by atoms with Crippen LogP contribution in [0.2, 0.25) is 0 Å². The molecule has 5 N–H and O–H groups in total. The van der Waals surface area contributed by atoms with Crippen molar-refractivity contribution in [3.63, 3.8) is 0 Å². The van der Waals surface area contributed by atoms with E-state index in [0.717, 1.165) is 5.69 Å². The molecule has 0 aliphatic heterocycles. The number of nitrogens with one attached hydrogen (secondary N) is 2. The molecule has 102 valence electrons. The average molecular weight is 256 g/mol. The first kappa shape index (κ1) is 14.5. The molecule has 0 saturated carbocycles. The molecule has 1 heterocycles. The first-order valence-corrected chi connectivity index (χ1v) is 5.75. The van der Waals surface area contributed by atoms with Crippen LogP contribution < -0.4 is 11.1 Å². The van der Waals surface area contributed by atoms with Gasteiger partial charge in [0.1, 0.15) is 0 Å². The monoisotopic (exact) mass is 256 g/mol. The summed E-state index contributed by atoms with van der Waals surface area (Å²) in [5.41, 5.74) is 7.07. The third-order valence-corrected chi connectivity index (χ3v) is 2.55. The van der Waals surface area contributed by atoms with Gasteiger partial charge in [0, 0.05) is 7.11 Å². The van der Waals surface area contributed by atoms with E-state index in [4.69, 9.17) is 15.6 Å². The van der Waals surface area contributed by atoms with Crippen molar-refractivity contribution in [1.82, 2.24) is 15.5 Å². The van der Waals surface area contributed by atoms with Crippen LogP contribution in [-0.4, -0.2) is 47.6 Å². The molecular formula is C11H20N4O3. The molecule has 0 radical (unpaired) electrons. The number of H-pyrrole nitrogens is 1. The van der Waals surface area contributed by atoms with Gasteiger partial charge in [0.05, 0.1) is 30.6 Å². The van der Waals surface area contributed by atoms with Crippen molar-refractivity contribution in [2.45, 2.75) is 25.8 Å². The molecule has 1 amide bonds. The number of aromatic nitrogens is 2. The second kappa shape index (κ2) is 6.36. The molecule has 0 aliphatic rings. The van der Waals surface area contributed by atoms with E-state index in [2.05, 4.69) is 15.5 Å².